The summed E-state index contributed by atoms with van der Waals surface area (Å²) in [6.07, 6.45) is 4.34. The summed E-state index contributed by atoms with van der Waals surface area (Å²) in [5.41, 5.74) is -0.486. The zero-order valence-corrected chi connectivity index (χ0v) is 16.4. The minimum Gasteiger partial charge on any atom is -0.444 e. The summed E-state index contributed by atoms with van der Waals surface area (Å²) in [5.74, 6) is 0.409. The third kappa shape index (κ3) is 6.84. The van der Waals surface area contributed by atoms with Crippen molar-refractivity contribution in [2.45, 2.75) is 64.9 Å². The highest BCUT2D eigenvalue weighted by Crippen LogP contribution is 2.22. The highest BCUT2D eigenvalue weighted by Gasteiger charge is 2.27. The second-order valence-electron chi connectivity index (χ2n) is 8.30. The van der Waals surface area contributed by atoms with Gasteiger partial charge in [0.25, 0.3) is 0 Å². The first-order valence-corrected chi connectivity index (χ1v) is 9.77. The number of carbonyl (C=O) groups is 3. The van der Waals surface area contributed by atoms with Crippen molar-refractivity contribution < 1.29 is 19.1 Å². The highest BCUT2D eigenvalue weighted by molar-refractivity contribution is 5.79. The van der Waals surface area contributed by atoms with E-state index in [0.29, 0.717) is 32.5 Å². The zero-order valence-electron chi connectivity index (χ0n) is 16.4. The van der Waals surface area contributed by atoms with Crippen LogP contribution in [0.25, 0.3) is 0 Å². The minimum atomic E-state index is -0.486. The van der Waals surface area contributed by atoms with Crippen LogP contribution < -0.4 is 5.32 Å². The lowest BCUT2D eigenvalue weighted by molar-refractivity contribution is -0.130. The molecule has 0 bridgehead atoms. The molecule has 0 aromatic heterocycles. The second-order valence-corrected chi connectivity index (χ2v) is 8.30. The molecule has 0 atom stereocenters. The van der Waals surface area contributed by atoms with Crippen molar-refractivity contribution in [2.24, 2.45) is 5.92 Å². The SMILES string of the molecule is CC(C)(C)OC(=O)N1CCC(CC(=O)NCCC(=O)N2CCCC2)CC1. The van der Waals surface area contributed by atoms with Crippen LogP contribution in [0, 0.1) is 5.92 Å². The third-order valence-electron chi connectivity index (χ3n) is 4.86. The molecule has 2 aliphatic rings. The Balaban J connectivity index is 1.60. The van der Waals surface area contributed by atoms with Gasteiger partial charge in [-0.2, -0.15) is 0 Å². The van der Waals surface area contributed by atoms with Crippen LogP contribution in [0.15, 0.2) is 0 Å². The standard InChI is InChI=1S/C19H33N3O4/c1-19(2,3)26-18(25)22-12-7-15(8-13-22)14-16(23)20-9-6-17(24)21-10-4-5-11-21/h15H,4-14H2,1-3H3,(H,20,23). The van der Waals surface area contributed by atoms with Crippen LogP contribution in [-0.2, 0) is 14.3 Å². The van der Waals surface area contributed by atoms with Gasteiger partial charge in [-0.3, -0.25) is 9.59 Å². The van der Waals surface area contributed by atoms with Crippen molar-refractivity contribution in [3.63, 3.8) is 0 Å². The molecule has 148 valence electrons. The van der Waals surface area contributed by atoms with Gasteiger partial charge in [-0.15, -0.1) is 0 Å². The summed E-state index contributed by atoms with van der Waals surface area (Å²) < 4.78 is 5.38. The molecule has 0 unspecified atom stereocenters. The predicted octanol–water partition coefficient (Wildman–Crippen LogP) is 2.15. The van der Waals surface area contributed by atoms with E-state index < -0.39 is 5.60 Å². The van der Waals surface area contributed by atoms with Crippen LogP contribution in [0.4, 0.5) is 4.79 Å². The largest absolute Gasteiger partial charge is 0.444 e. The number of ether oxygens (including phenoxy) is 1. The van der Waals surface area contributed by atoms with Gasteiger partial charge in [-0.05, 0) is 52.4 Å². The van der Waals surface area contributed by atoms with Gasteiger partial charge < -0.3 is 19.9 Å². The molecule has 0 radical (unpaired) electrons. The van der Waals surface area contributed by atoms with E-state index in [9.17, 15) is 14.4 Å². The van der Waals surface area contributed by atoms with E-state index in [0.717, 1.165) is 38.8 Å². The van der Waals surface area contributed by atoms with E-state index in [1.165, 1.54) is 0 Å². The van der Waals surface area contributed by atoms with Crippen molar-refractivity contribution in [1.82, 2.24) is 15.1 Å². The lowest BCUT2D eigenvalue weighted by Crippen LogP contribution is -2.42. The van der Waals surface area contributed by atoms with Crippen molar-refractivity contribution in [3.05, 3.63) is 0 Å². The van der Waals surface area contributed by atoms with E-state index in [4.69, 9.17) is 4.74 Å². The number of hydrogen-bond acceptors (Lipinski definition) is 4. The van der Waals surface area contributed by atoms with Gasteiger partial charge in [-0.25, -0.2) is 4.79 Å². The minimum absolute atomic E-state index is 0.00469. The van der Waals surface area contributed by atoms with E-state index in [1.807, 2.05) is 25.7 Å². The average Bonchev–Trinajstić information content (AvgIpc) is 3.08. The predicted molar refractivity (Wildman–Crippen MR) is 98.6 cm³/mol. The summed E-state index contributed by atoms with van der Waals surface area (Å²) in [6.45, 7) is 8.93. The van der Waals surface area contributed by atoms with E-state index >= 15 is 0 Å². The molecule has 0 aliphatic carbocycles. The van der Waals surface area contributed by atoms with E-state index in [2.05, 4.69) is 5.32 Å². The first-order chi connectivity index (χ1) is 12.2. The smallest absolute Gasteiger partial charge is 0.410 e. The number of carbonyl (C=O) groups excluding carboxylic acids is 3. The quantitative estimate of drug-likeness (QED) is 0.807. The molecule has 0 saturated carbocycles. The molecule has 26 heavy (non-hydrogen) atoms. The Hall–Kier alpha value is -1.79. The van der Waals surface area contributed by atoms with Gasteiger partial charge in [0.15, 0.2) is 0 Å². The number of amides is 3. The summed E-state index contributed by atoms with van der Waals surface area (Å²) in [5, 5.41) is 2.86. The molecule has 0 spiro atoms. The van der Waals surface area contributed by atoms with E-state index in [1.54, 1.807) is 4.90 Å². The number of piperidine rings is 1. The third-order valence-corrected chi connectivity index (χ3v) is 4.86. The lowest BCUT2D eigenvalue weighted by Gasteiger charge is -2.33. The Kier molecular flexibility index (Phi) is 7.29. The van der Waals surface area contributed by atoms with Gasteiger partial charge in [0, 0.05) is 45.6 Å². The molecule has 0 aromatic rings. The summed E-state index contributed by atoms with van der Waals surface area (Å²) >= 11 is 0. The first-order valence-electron chi connectivity index (χ1n) is 9.77. The fourth-order valence-corrected chi connectivity index (χ4v) is 3.41. The van der Waals surface area contributed by atoms with Crippen LogP contribution in [0.3, 0.4) is 0 Å². The Morgan fingerprint density at radius 2 is 1.62 bits per heavy atom. The van der Waals surface area contributed by atoms with Crippen LogP contribution in [0.5, 0.6) is 0 Å². The topological polar surface area (TPSA) is 79.0 Å². The summed E-state index contributed by atoms with van der Waals surface area (Å²) in [6, 6.07) is 0. The maximum atomic E-state index is 12.1. The zero-order chi connectivity index (χ0) is 19.2. The Labute approximate surface area is 156 Å². The van der Waals surface area contributed by atoms with Crippen molar-refractivity contribution >= 4 is 17.9 Å². The highest BCUT2D eigenvalue weighted by atomic mass is 16.6. The number of likely N-dealkylation sites (tertiary alicyclic amines) is 2. The van der Waals surface area contributed by atoms with Crippen LogP contribution >= 0.6 is 0 Å². The normalized spacial score (nSPS) is 18.7. The lowest BCUT2D eigenvalue weighted by atomic mass is 9.93. The Bertz CT molecular complexity index is 501. The van der Waals surface area contributed by atoms with Gasteiger partial charge in [-0.1, -0.05) is 0 Å². The fourth-order valence-electron chi connectivity index (χ4n) is 3.41. The molecule has 2 aliphatic heterocycles. The molecular formula is C19H33N3O4. The summed E-state index contributed by atoms with van der Waals surface area (Å²) in [7, 11) is 0. The molecule has 0 aromatic carbocycles. The second kappa shape index (κ2) is 9.24. The van der Waals surface area contributed by atoms with Crippen LogP contribution in [0.2, 0.25) is 0 Å². The molecule has 7 nitrogen and oxygen atoms in total. The van der Waals surface area contributed by atoms with E-state index in [-0.39, 0.29) is 23.8 Å². The number of nitrogens with zero attached hydrogens (tertiary/aromatic N) is 2. The number of hydrogen-bond donors (Lipinski definition) is 1. The summed E-state index contributed by atoms with van der Waals surface area (Å²) in [4.78, 5) is 39.7. The van der Waals surface area contributed by atoms with Crippen LogP contribution in [-0.4, -0.2) is 66.0 Å². The van der Waals surface area contributed by atoms with Gasteiger partial charge >= 0.3 is 6.09 Å². The molecule has 1 N–H and O–H groups in total. The van der Waals surface area contributed by atoms with Crippen molar-refractivity contribution in [3.8, 4) is 0 Å². The van der Waals surface area contributed by atoms with Crippen molar-refractivity contribution in [1.29, 1.82) is 0 Å². The molecule has 2 fully saturated rings. The Morgan fingerprint density at radius 3 is 2.19 bits per heavy atom. The molecule has 3 amide bonds. The van der Waals surface area contributed by atoms with Gasteiger partial charge in [0.1, 0.15) is 5.60 Å². The molecule has 2 heterocycles. The molecule has 7 heteroatoms. The van der Waals surface area contributed by atoms with Crippen molar-refractivity contribution in [2.75, 3.05) is 32.7 Å². The van der Waals surface area contributed by atoms with Gasteiger partial charge in [0.05, 0.1) is 0 Å². The number of rotatable bonds is 5. The average molecular weight is 367 g/mol. The maximum absolute atomic E-state index is 12.1. The maximum Gasteiger partial charge on any atom is 0.410 e. The van der Waals surface area contributed by atoms with Crippen LogP contribution in [0.1, 0.15) is 59.3 Å². The van der Waals surface area contributed by atoms with Gasteiger partial charge in [0.2, 0.25) is 11.8 Å². The Morgan fingerprint density at radius 1 is 1.00 bits per heavy atom. The number of nitrogens with one attached hydrogen (secondary N) is 1. The molecular weight excluding hydrogens is 334 g/mol. The molecule has 2 rings (SSSR count). The monoisotopic (exact) mass is 367 g/mol. The molecule has 2 saturated heterocycles. The first kappa shape index (κ1) is 20.5. The fraction of sp³-hybridized carbons (Fsp3) is 0.842.